The molecule has 1 N–H and O–H groups in total. The van der Waals surface area contributed by atoms with Crippen LogP contribution in [0.4, 0.5) is 0 Å². The summed E-state index contributed by atoms with van der Waals surface area (Å²) in [5.41, 5.74) is 1.29. The summed E-state index contributed by atoms with van der Waals surface area (Å²) in [5, 5.41) is 2.83. The number of carbonyl (C=O) groups excluding carboxylic acids is 1. The minimum atomic E-state index is -0.284. The van der Waals surface area contributed by atoms with Gasteiger partial charge in [0.15, 0.2) is 0 Å². The molecule has 0 radical (unpaired) electrons. The van der Waals surface area contributed by atoms with Crippen LogP contribution in [0.25, 0.3) is 0 Å². The van der Waals surface area contributed by atoms with Crippen molar-refractivity contribution in [2.75, 3.05) is 21.3 Å². The maximum absolute atomic E-state index is 12.4. The van der Waals surface area contributed by atoms with Gasteiger partial charge in [0.1, 0.15) is 22.8 Å². The second-order valence-electron chi connectivity index (χ2n) is 4.45. The molecule has 116 valence electrons. The highest BCUT2D eigenvalue weighted by atomic mass is 16.5. The van der Waals surface area contributed by atoms with Crippen molar-refractivity contribution in [3.63, 3.8) is 0 Å². The maximum Gasteiger partial charge on any atom is 0.259 e. The van der Waals surface area contributed by atoms with Gasteiger partial charge in [-0.15, -0.1) is 0 Å². The number of methoxy groups -OCH3 is 3. The smallest absolute Gasteiger partial charge is 0.259 e. The van der Waals surface area contributed by atoms with Crippen molar-refractivity contribution < 1.29 is 19.0 Å². The predicted molar refractivity (Wildman–Crippen MR) is 81.5 cm³/mol. The Morgan fingerprint density at radius 1 is 1.05 bits per heavy atom. The highest BCUT2D eigenvalue weighted by Gasteiger charge is 2.20. The molecular weight excluding hydrogens is 284 g/mol. The maximum atomic E-state index is 12.4. The van der Waals surface area contributed by atoms with Gasteiger partial charge in [-0.05, 0) is 17.7 Å². The Hall–Kier alpha value is -2.76. The van der Waals surface area contributed by atoms with Crippen LogP contribution in [0.1, 0.15) is 15.9 Å². The zero-order chi connectivity index (χ0) is 15.9. The highest BCUT2D eigenvalue weighted by molar-refractivity contribution is 6.00. The molecule has 1 aromatic heterocycles. The lowest BCUT2D eigenvalue weighted by atomic mass is 10.1. The van der Waals surface area contributed by atoms with Crippen molar-refractivity contribution in [3.05, 3.63) is 47.8 Å². The Morgan fingerprint density at radius 3 is 2.14 bits per heavy atom. The summed E-state index contributed by atoms with van der Waals surface area (Å²) in [6, 6.07) is 6.96. The van der Waals surface area contributed by atoms with E-state index in [0.717, 1.165) is 5.56 Å². The molecule has 0 spiro atoms. The van der Waals surface area contributed by atoms with E-state index in [1.165, 1.54) is 21.3 Å². The first-order valence-corrected chi connectivity index (χ1v) is 6.66. The zero-order valence-corrected chi connectivity index (χ0v) is 12.8. The van der Waals surface area contributed by atoms with Crippen molar-refractivity contribution in [2.45, 2.75) is 6.54 Å². The number of nitrogens with one attached hydrogen (secondary N) is 1. The molecule has 0 bridgehead atoms. The van der Waals surface area contributed by atoms with Gasteiger partial charge in [0.25, 0.3) is 5.91 Å². The van der Waals surface area contributed by atoms with Crippen LogP contribution in [0.2, 0.25) is 0 Å². The molecular formula is C16H18N2O4. The molecule has 0 aliphatic rings. The largest absolute Gasteiger partial charge is 0.496 e. The van der Waals surface area contributed by atoms with E-state index in [0.29, 0.717) is 29.4 Å². The Kier molecular flexibility index (Phi) is 5.19. The van der Waals surface area contributed by atoms with Crippen LogP contribution in [0.3, 0.4) is 0 Å². The van der Waals surface area contributed by atoms with Crippen molar-refractivity contribution in [1.82, 2.24) is 10.3 Å². The summed E-state index contributed by atoms with van der Waals surface area (Å²) in [6.07, 6.45) is 3.35. The monoisotopic (exact) mass is 302 g/mol. The first kappa shape index (κ1) is 15.6. The second-order valence-corrected chi connectivity index (χ2v) is 4.45. The molecule has 0 fully saturated rings. The number of rotatable bonds is 6. The van der Waals surface area contributed by atoms with Gasteiger partial charge in [0, 0.05) is 31.1 Å². The molecule has 1 amide bonds. The molecule has 0 aliphatic carbocycles. The third-order valence-electron chi connectivity index (χ3n) is 3.14. The van der Waals surface area contributed by atoms with Crippen LogP contribution in [0, 0.1) is 0 Å². The average molecular weight is 302 g/mol. The van der Waals surface area contributed by atoms with Crippen molar-refractivity contribution in [3.8, 4) is 17.2 Å². The summed E-state index contributed by atoms with van der Waals surface area (Å²) >= 11 is 0. The van der Waals surface area contributed by atoms with E-state index in [1.54, 1.807) is 24.5 Å². The number of hydrogen-bond acceptors (Lipinski definition) is 5. The standard InChI is InChI=1S/C16H18N2O4/c1-20-12-8-13(21-2)15(14(9-12)22-3)16(19)18-10-11-4-6-17-7-5-11/h4-9H,10H2,1-3H3,(H,18,19). The van der Waals surface area contributed by atoms with Gasteiger partial charge in [-0.1, -0.05) is 0 Å². The number of benzene rings is 1. The number of hydrogen-bond donors (Lipinski definition) is 1. The van der Waals surface area contributed by atoms with E-state index >= 15 is 0 Å². The van der Waals surface area contributed by atoms with Gasteiger partial charge in [-0.25, -0.2) is 0 Å². The summed E-state index contributed by atoms with van der Waals surface area (Å²) in [7, 11) is 4.53. The molecule has 0 unspecified atom stereocenters. The normalized spacial score (nSPS) is 9.95. The summed E-state index contributed by atoms with van der Waals surface area (Å²) in [4.78, 5) is 16.4. The number of ether oxygens (including phenoxy) is 3. The van der Waals surface area contributed by atoms with E-state index in [9.17, 15) is 4.79 Å². The van der Waals surface area contributed by atoms with E-state index in [2.05, 4.69) is 10.3 Å². The minimum absolute atomic E-state index is 0.284. The zero-order valence-electron chi connectivity index (χ0n) is 12.8. The number of pyridine rings is 1. The van der Waals surface area contributed by atoms with Crippen molar-refractivity contribution in [2.24, 2.45) is 0 Å². The van der Waals surface area contributed by atoms with E-state index in [-0.39, 0.29) is 5.91 Å². The summed E-state index contributed by atoms with van der Waals surface area (Å²) in [5.74, 6) is 1.06. The fourth-order valence-electron chi connectivity index (χ4n) is 2.00. The number of carbonyl (C=O) groups is 1. The summed E-state index contributed by atoms with van der Waals surface area (Å²) in [6.45, 7) is 0.389. The van der Waals surface area contributed by atoms with Crippen LogP contribution in [0.15, 0.2) is 36.7 Å². The number of amides is 1. The summed E-state index contributed by atoms with van der Waals surface area (Å²) < 4.78 is 15.7. The van der Waals surface area contributed by atoms with Crippen LogP contribution in [0.5, 0.6) is 17.2 Å². The molecule has 0 aliphatic heterocycles. The fraction of sp³-hybridized carbons (Fsp3) is 0.250. The lowest BCUT2D eigenvalue weighted by Gasteiger charge is -2.14. The molecule has 1 aromatic carbocycles. The molecule has 0 saturated heterocycles. The first-order chi connectivity index (χ1) is 10.7. The lowest BCUT2D eigenvalue weighted by molar-refractivity contribution is 0.0944. The Morgan fingerprint density at radius 2 is 1.64 bits per heavy atom. The molecule has 2 rings (SSSR count). The molecule has 6 nitrogen and oxygen atoms in total. The Bertz CT molecular complexity index is 619. The minimum Gasteiger partial charge on any atom is -0.496 e. The van der Waals surface area contributed by atoms with Crippen LogP contribution in [-0.4, -0.2) is 32.2 Å². The molecule has 1 heterocycles. The molecule has 2 aromatic rings. The molecule has 0 atom stereocenters. The van der Waals surface area contributed by atoms with Gasteiger partial charge >= 0.3 is 0 Å². The van der Waals surface area contributed by atoms with Gasteiger partial charge in [-0.2, -0.15) is 0 Å². The molecule has 22 heavy (non-hydrogen) atoms. The predicted octanol–water partition coefficient (Wildman–Crippen LogP) is 2.04. The van der Waals surface area contributed by atoms with Crippen LogP contribution < -0.4 is 19.5 Å². The van der Waals surface area contributed by atoms with Gasteiger partial charge in [0.05, 0.1) is 21.3 Å². The quantitative estimate of drug-likeness (QED) is 0.884. The van der Waals surface area contributed by atoms with Gasteiger partial charge < -0.3 is 19.5 Å². The average Bonchev–Trinajstić information content (AvgIpc) is 2.59. The Balaban J connectivity index is 2.24. The third-order valence-corrected chi connectivity index (χ3v) is 3.14. The number of aromatic nitrogens is 1. The second kappa shape index (κ2) is 7.31. The SMILES string of the molecule is COc1cc(OC)c(C(=O)NCc2ccncc2)c(OC)c1. The number of nitrogens with zero attached hydrogens (tertiary/aromatic N) is 1. The highest BCUT2D eigenvalue weighted by Crippen LogP contribution is 2.33. The van der Waals surface area contributed by atoms with Gasteiger partial charge in [0.2, 0.25) is 0 Å². The third kappa shape index (κ3) is 3.46. The van der Waals surface area contributed by atoms with E-state index < -0.39 is 0 Å². The first-order valence-electron chi connectivity index (χ1n) is 6.66. The lowest BCUT2D eigenvalue weighted by Crippen LogP contribution is -2.24. The van der Waals surface area contributed by atoms with Gasteiger partial charge in [-0.3, -0.25) is 9.78 Å². The fourth-order valence-corrected chi connectivity index (χ4v) is 2.00. The molecule has 6 heteroatoms. The Labute approximate surface area is 129 Å². The van der Waals surface area contributed by atoms with Crippen molar-refractivity contribution >= 4 is 5.91 Å². The van der Waals surface area contributed by atoms with E-state index in [4.69, 9.17) is 14.2 Å². The van der Waals surface area contributed by atoms with Crippen LogP contribution in [-0.2, 0) is 6.54 Å². The van der Waals surface area contributed by atoms with E-state index in [1.807, 2.05) is 12.1 Å². The topological polar surface area (TPSA) is 69.7 Å². The molecule has 0 saturated carbocycles. The van der Waals surface area contributed by atoms with Crippen molar-refractivity contribution in [1.29, 1.82) is 0 Å². The van der Waals surface area contributed by atoms with Crippen LogP contribution >= 0.6 is 0 Å².